The summed E-state index contributed by atoms with van der Waals surface area (Å²) in [5.74, 6) is -2.36. The number of fused-ring (bicyclic) bond motifs is 1. The third-order valence-electron chi connectivity index (χ3n) is 5.72. The molecule has 3 rings (SSSR count). The van der Waals surface area contributed by atoms with Crippen LogP contribution in [0.25, 0.3) is 0 Å². The maximum Gasteiger partial charge on any atom is 0.233 e. The van der Waals surface area contributed by atoms with Crippen molar-refractivity contribution >= 4 is 24.0 Å². The SMILES string of the molecule is CN=CC(C=N)C1C(C(=O)Nc2ccc(F)c(C#N)c2)c2ccc(F)cc2CN1CC(C)C. The number of benzene rings is 2. The number of anilines is 1. The summed E-state index contributed by atoms with van der Waals surface area (Å²) in [5.41, 5.74) is 1.50. The topological polar surface area (TPSA) is 92.3 Å². The number of halogens is 2. The number of hydrogen-bond acceptors (Lipinski definition) is 5. The van der Waals surface area contributed by atoms with E-state index in [0.717, 1.165) is 6.07 Å². The van der Waals surface area contributed by atoms with Gasteiger partial charge in [0.2, 0.25) is 5.91 Å². The van der Waals surface area contributed by atoms with E-state index in [1.165, 1.54) is 30.5 Å². The number of nitrogens with one attached hydrogen (secondary N) is 2. The second-order valence-electron chi connectivity index (χ2n) is 8.58. The summed E-state index contributed by atoms with van der Waals surface area (Å²) in [5, 5.41) is 19.9. The zero-order valence-electron chi connectivity index (χ0n) is 18.8. The van der Waals surface area contributed by atoms with Gasteiger partial charge in [-0.3, -0.25) is 9.69 Å². The summed E-state index contributed by atoms with van der Waals surface area (Å²) in [6.45, 7) is 5.20. The van der Waals surface area contributed by atoms with Gasteiger partial charge in [0.05, 0.1) is 11.5 Å². The summed E-state index contributed by atoms with van der Waals surface area (Å²) >= 11 is 0. The van der Waals surface area contributed by atoms with Gasteiger partial charge in [-0.15, -0.1) is 0 Å². The van der Waals surface area contributed by atoms with Crippen LogP contribution in [0.4, 0.5) is 14.5 Å². The fraction of sp³-hybridized carbons (Fsp3) is 0.360. The molecular formula is C25H27F2N5O. The van der Waals surface area contributed by atoms with Crippen molar-refractivity contribution in [2.45, 2.75) is 32.4 Å². The smallest absolute Gasteiger partial charge is 0.233 e. The standard InChI is InChI=1S/C25H27F2N5O/c1-15(2)13-32-14-17-8-19(26)4-6-21(17)23(24(32)18(11-29)12-30-3)25(33)31-20-5-7-22(27)16(9-20)10-28/h4-9,11-12,15,18,23-24,29H,13-14H2,1-3H3,(H,31,33). The van der Waals surface area contributed by atoms with Gasteiger partial charge < -0.3 is 15.7 Å². The van der Waals surface area contributed by atoms with E-state index < -0.39 is 23.7 Å². The lowest BCUT2D eigenvalue weighted by atomic mass is 9.77. The van der Waals surface area contributed by atoms with E-state index in [-0.39, 0.29) is 28.9 Å². The molecule has 0 fully saturated rings. The first-order valence-corrected chi connectivity index (χ1v) is 10.7. The lowest BCUT2D eigenvalue weighted by Gasteiger charge is -2.44. The highest BCUT2D eigenvalue weighted by atomic mass is 19.1. The number of nitriles is 1. The van der Waals surface area contributed by atoms with E-state index in [1.807, 2.05) is 0 Å². The fourth-order valence-corrected chi connectivity index (χ4v) is 4.46. The summed E-state index contributed by atoms with van der Waals surface area (Å²) < 4.78 is 27.8. The molecule has 1 aliphatic heterocycles. The van der Waals surface area contributed by atoms with Crippen LogP contribution in [0, 0.1) is 40.2 Å². The first kappa shape index (κ1) is 24.2. The molecule has 0 aromatic heterocycles. The van der Waals surface area contributed by atoms with E-state index in [2.05, 4.69) is 29.1 Å². The molecule has 1 heterocycles. The molecule has 0 saturated heterocycles. The van der Waals surface area contributed by atoms with Crippen molar-refractivity contribution in [3.8, 4) is 6.07 Å². The number of carbonyl (C=O) groups is 1. The van der Waals surface area contributed by atoms with Crippen molar-refractivity contribution in [3.05, 3.63) is 64.7 Å². The Bertz CT molecular complexity index is 1110. The van der Waals surface area contributed by atoms with Crippen molar-refractivity contribution in [1.82, 2.24) is 4.90 Å². The van der Waals surface area contributed by atoms with E-state index in [9.17, 15) is 13.6 Å². The Morgan fingerprint density at radius 2 is 2.09 bits per heavy atom. The Morgan fingerprint density at radius 3 is 2.73 bits per heavy atom. The molecule has 0 spiro atoms. The molecule has 3 atom stereocenters. The monoisotopic (exact) mass is 451 g/mol. The molecule has 0 radical (unpaired) electrons. The number of rotatable bonds is 7. The van der Waals surface area contributed by atoms with Gasteiger partial charge in [0.15, 0.2) is 0 Å². The third-order valence-corrected chi connectivity index (χ3v) is 5.72. The highest BCUT2D eigenvalue weighted by Crippen LogP contribution is 2.38. The van der Waals surface area contributed by atoms with E-state index in [0.29, 0.717) is 24.2 Å². The molecule has 8 heteroatoms. The molecule has 0 bridgehead atoms. The second-order valence-corrected chi connectivity index (χ2v) is 8.58. The molecule has 1 amide bonds. The maximum absolute atomic E-state index is 14.1. The van der Waals surface area contributed by atoms with Crippen molar-refractivity contribution in [1.29, 1.82) is 10.7 Å². The number of hydrogen-bond donors (Lipinski definition) is 2. The largest absolute Gasteiger partial charge is 0.325 e. The summed E-state index contributed by atoms with van der Waals surface area (Å²) in [6.07, 6.45) is 2.91. The van der Waals surface area contributed by atoms with Crippen LogP contribution in [0.2, 0.25) is 0 Å². The molecule has 2 aromatic rings. The molecule has 0 saturated carbocycles. The van der Waals surface area contributed by atoms with Gasteiger partial charge in [-0.25, -0.2) is 8.78 Å². The van der Waals surface area contributed by atoms with Crippen molar-refractivity contribution in [3.63, 3.8) is 0 Å². The predicted molar refractivity (Wildman–Crippen MR) is 125 cm³/mol. The average Bonchev–Trinajstić information content (AvgIpc) is 2.77. The number of amides is 1. The molecule has 33 heavy (non-hydrogen) atoms. The summed E-state index contributed by atoms with van der Waals surface area (Å²) in [6, 6.07) is 9.53. The van der Waals surface area contributed by atoms with Gasteiger partial charge in [0.25, 0.3) is 0 Å². The Hall–Kier alpha value is -3.44. The normalized spacial score (nSPS) is 19.2. The van der Waals surface area contributed by atoms with Crippen LogP contribution >= 0.6 is 0 Å². The minimum absolute atomic E-state index is 0.174. The van der Waals surface area contributed by atoms with Crippen LogP contribution in [0.3, 0.4) is 0 Å². The van der Waals surface area contributed by atoms with Gasteiger partial charge >= 0.3 is 0 Å². The van der Waals surface area contributed by atoms with Crippen LogP contribution in [-0.2, 0) is 11.3 Å². The number of carbonyl (C=O) groups excluding carboxylic acids is 1. The molecular weight excluding hydrogens is 424 g/mol. The zero-order valence-corrected chi connectivity index (χ0v) is 18.8. The first-order valence-electron chi connectivity index (χ1n) is 10.7. The Morgan fingerprint density at radius 1 is 1.33 bits per heavy atom. The van der Waals surface area contributed by atoms with Gasteiger partial charge in [-0.2, -0.15) is 5.26 Å². The maximum atomic E-state index is 14.1. The number of nitrogens with zero attached hydrogens (tertiary/aromatic N) is 3. The second kappa shape index (κ2) is 10.5. The van der Waals surface area contributed by atoms with E-state index in [4.69, 9.17) is 10.7 Å². The molecule has 3 unspecified atom stereocenters. The van der Waals surface area contributed by atoms with Gasteiger partial charge in [-0.05, 0) is 47.4 Å². The highest BCUT2D eigenvalue weighted by Gasteiger charge is 2.43. The van der Waals surface area contributed by atoms with E-state index in [1.54, 1.807) is 25.4 Å². The molecule has 2 aromatic carbocycles. The summed E-state index contributed by atoms with van der Waals surface area (Å²) in [7, 11) is 1.62. The molecule has 0 aliphatic carbocycles. The van der Waals surface area contributed by atoms with E-state index >= 15 is 0 Å². The van der Waals surface area contributed by atoms with Crippen LogP contribution in [-0.4, -0.2) is 42.9 Å². The molecule has 1 aliphatic rings. The Balaban J connectivity index is 2.10. The predicted octanol–water partition coefficient (Wildman–Crippen LogP) is 4.37. The van der Waals surface area contributed by atoms with Crippen LogP contribution < -0.4 is 5.32 Å². The molecule has 6 nitrogen and oxygen atoms in total. The zero-order chi connectivity index (χ0) is 24.1. The Labute approximate surface area is 192 Å². The minimum atomic E-state index is -0.742. The van der Waals surface area contributed by atoms with Crippen molar-refractivity contribution in [2.24, 2.45) is 16.8 Å². The summed E-state index contributed by atoms with van der Waals surface area (Å²) in [4.78, 5) is 19.8. The van der Waals surface area contributed by atoms with Crippen LogP contribution in [0.5, 0.6) is 0 Å². The fourth-order valence-electron chi connectivity index (χ4n) is 4.46. The third kappa shape index (κ3) is 5.32. The van der Waals surface area contributed by atoms with Gasteiger partial charge in [0, 0.05) is 50.2 Å². The quantitative estimate of drug-likeness (QED) is 0.613. The van der Waals surface area contributed by atoms with Crippen molar-refractivity contribution in [2.75, 3.05) is 18.9 Å². The van der Waals surface area contributed by atoms with Crippen LogP contribution in [0.15, 0.2) is 41.4 Å². The highest BCUT2D eigenvalue weighted by molar-refractivity contribution is 5.98. The minimum Gasteiger partial charge on any atom is -0.325 e. The van der Waals surface area contributed by atoms with Crippen molar-refractivity contribution < 1.29 is 13.6 Å². The van der Waals surface area contributed by atoms with Gasteiger partial charge in [0.1, 0.15) is 17.7 Å². The Kier molecular flexibility index (Phi) is 7.67. The molecule has 172 valence electrons. The van der Waals surface area contributed by atoms with Crippen LogP contribution in [0.1, 0.15) is 36.5 Å². The van der Waals surface area contributed by atoms with Gasteiger partial charge in [-0.1, -0.05) is 19.9 Å². The lowest BCUT2D eigenvalue weighted by Crippen LogP contribution is -2.53. The first-order chi connectivity index (χ1) is 15.8. The number of aliphatic imine (C=N–C) groups is 1. The average molecular weight is 452 g/mol. The molecule has 2 N–H and O–H groups in total. The lowest BCUT2D eigenvalue weighted by molar-refractivity contribution is -0.119.